The van der Waals surface area contributed by atoms with Gasteiger partial charge in [0.1, 0.15) is 5.69 Å². The van der Waals surface area contributed by atoms with Crippen LogP contribution in [0, 0.1) is 13.7 Å². The fourth-order valence-corrected chi connectivity index (χ4v) is 2.47. The number of nitrogens with zero attached hydrogens (tertiary/aromatic N) is 2. The molecule has 7 heteroatoms. The number of hydrogen-bond acceptors (Lipinski definition) is 5. The van der Waals surface area contributed by atoms with Crippen molar-refractivity contribution in [2.75, 3.05) is 31.1 Å². The first-order chi connectivity index (χ1) is 8.61. The molecule has 0 aromatic heterocycles. The minimum Gasteiger partial charge on any atom is -0.373 e. The summed E-state index contributed by atoms with van der Waals surface area (Å²) < 4.78 is 6.32. The summed E-state index contributed by atoms with van der Waals surface area (Å²) in [6, 6.07) is 5.25. The van der Waals surface area contributed by atoms with Crippen molar-refractivity contribution in [1.29, 1.82) is 0 Å². The SMILES string of the molecule is NCC1CN(c2ccc(I)cc2[N+](=O)[O-])CCO1. The van der Waals surface area contributed by atoms with Gasteiger partial charge in [0.25, 0.3) is 5.69 Å². The number of nitro groups is 1. The first-order valence-corrected chi connectivity index (χ1v) is 6.70. The van der Waals surface area contributed by atoms with Gasteiger partial charge >= 0.3 is 0 Å². The second-order valence-corrected chi connectivity index (χ2v) is 5.31. The zero-order valence-corrected chi connectivity index (χ0v) is 11.9. The fourth-order valence-electron chi connectivity index (χ4n) is 1.99. The predicted molar refractivity (Wildman–Crippen MR) is 76.8 cm³/mol. The third-order valence-corrected chi connectivity index (χ3v) is 3.55. The molecule has 1 aromatic carbocycles. The molecule has 6 nitrogen and oxygen atoms in total. The number of morpholine rings is 1. The molecule has 1 aliphatic rings. The molecule has 0 bridgehead atoms. The molecule has 1 aromatic rings. The predicted octanol–water partition coefficient (Wildman–Crippen LogP) is 1.36. The van der Waals surface area contributed by atoms with Crippen LogP contribution in [0.2, 0.25) is 0 Å². The number of anilines is 1. The van der Waals surface area contributed by atoms with Crippen molar-refractivity contribution >= 4 is 34.0 Å². The van der Waals surface area contributed by atoms with Gasteiger partial charge in [0.15, 0.2) is 0 Å². The van der Waals surface area contributed by atoms with Crippen LogP contribution in [0.1, 0.15) is 0 Å². The Morgan fingerprint density at radius 1 is 1.61 bits per heavy atom. The van der Waals surface area contributed by atoms with Crippen LogP contribution in [0.15, 0.2) is 18.2 Å². The third-order valence-electron chi connectivity index (χ3n) is 2.88. The first kappa shape index (κ1) is 13.5. The lowest BCUT2D eigenvalue weighted by atomic mass is 10.2. The van der Waals surface area contributed by atoms with Gasteiger partial charge in [-0.2, -0.15) is 0 Å². The maximum absolute atomic E-state index is 11.1. The van der Waals surface area contributed by atoms with Gasteiger partial charge in [-0.3, -0.25) is 10.1 Å². The van der Waals surface area contributed by atoms with E-state index in [2.05, 4.69) is 22.6 Å². The molecule has 2 N–H and O–H groups in total. The number of ether oxygens (including phenoxy) is 1. The van der Waals surface area contributed by atoms with E-state index in [9.17, 15) is 10.1 Å². The highest BCUT2D eigenvalue weighted by molar-refractivity contribution is 14.1. The summed E-state index contributed by atoms with van der Waals surface area (Å²) in [4.78, 5) is 12.7. The second-order valence-electron chi connectivity index (χ2n) is 4.06. The molecule has 1 aliphatic heterocycles. The highest BCUT2D eigenvalue weighted by Gasteiger charge is 2.25. The molecule has 0 aliphatic carbocycles. The highest BCUT2D eigenvalue weighted by atomic mass is 127. The van der Waals surface area contributed by atoms with Crippen molar-refractivity contribution in [3.05, 3.63) is 31.9 Å². The normalized spacial score (nSPS) is 19.9. The van der Waals surface area contributed by atoms with Crippen molar-refractivity contribution in [2.24, 2.45) is 5.73 Å². The summed E-state index contributed by atoms with van der Waals surface area (Å²) >= 11 is 2.07. The third kappa shape index (κ3) is 2.90. The van der Waals surface area contributed by atoms with Crippen LogP contribution < -0.4 is 10.6 Å². The molecule has 1 heterocycles. The summed E-state index contributed by atoms with van der Waals surface area (Å²) in [7, 11) is 0. The number of nitrogens with two attached hydrogens (primary N) is 1. The minimum absolute atomic E-state index is 0.0577. The van der Waals surface area contributed by atoms with E-state index in [1.807, 2.05) is 11.0 Å². The lowest BCUT2D eigenvalue weighted by molar-refractivity contribution is -0.384. The average Bonchev–Trinajstić information content (AvgIpc) is 2.38. The van der Waals surface area contributed by atoms with Gasteiger partial charge in [-0.25, -0.2) is 0 Å². The van der Waals surface area contributed by atoms with Crippen molar-refractivity contribution in [2.45, 2.75) is 6.10 Å². The van der Waals surface area contributed by atoms with Crippen LogP contribution in [0.3, 0.4) is 0 Å². The molecule has 0 saturated carbocycles. The van der Waals surface area contributed by atoms with Gasteiger partial charge in [-0.05, 0) is 34.7 Å². The molecule has 98 valence electrons. The topological polar surface area (TPSA) is 81.6 Å². The summed E-state index contributed by atoms with van der Waals surface area (Å²) in [6.07, 6.45) is -0.0577. The van der Waals surface area contributed by atoms with Crippen LogP contribution >= 0.6 is 22.6 Å². The summed E-state index contributed by atoms with van der Waals surface area (Å²) in [5.41, 5.74) is 6.36. The molecule has 18 heavy (non-hydrogen) atoms. The molecule has 2 rings (SSSR count). The standard InChI is InChI=1S/C11H14IN3O3/c12-8-1-2-10(11(5-8)15(16)17)14-3-4-18-9(6-13)7-14/h1-2,5,9H,3-4,6-7,13H2. The Labute approximate surface area is 118 Å². The van der Waals surface area contributed by atoms with E-state index < -0.39 is 0 Å². The van der Waals surface area contributed by atoms with E-state index in [1.165, 1.54) is 0 Å². The van der Waals surface area contributed by atoms with Gasteiger partial charge in [0.05, 0.1) is 17.6 Å². The van der Waals surface area contributed by atoms with E-state index in [0.29, 0.717) is 31.9 Å². The van der Waals surface area contributed by atoms with E-state index in [-0.39, 0.29) is 16.7 Å². The Morgan fingerprint density at radius 3 is 3.06 bits per heavy atom. The maximum atomic E-state index is 11.1. The van der Waals surface area contributed by atoms with Crippen LogP contribution in [0.25, 0.3) is 0 Å². The summed E-state index contributed by atoms with van der Waals surface area (Å²) in [6.45, 7) is 2.22. The van der Waals surface area contributed by atoms with Gasteiger partial charge in [-0.15, -0.1) is 0 Å². The van der Waals surface area contributed by atoms with Gasteiger partial charge in [0.2, 0.25) is 0 Å². The number of benzene rings is 1. The fraction of sp³-hybridized carbons (Fsp3) is 0.455. The van der Waals surface area contributed by atoms with Gasteiger partial charge < -0.3 is 15.4 Å². The number of halogens is 1. The van der Waals surface area contributed by atoms with Crippen LogP contribution in [0.4, 0.5) is 11.4 Å². The second kappa shape index (κ2) is 5.81. The molecule has 1 unspecified atom stereocenters. The molecular formula is C11H14IN3O3. The Hall–Kier alpha value is -0.930. The monoisotopic (exact) mass is 363 g/mol. The van der Waals surface area contributed by atoms with Crippen LogP contribution in [0.5, 0.6) is 0 Å². The van der Waals surface area contributed by atoms with E-state index in [1.54, 1.807) is 12.1 Å². The largest absolute Gasteiger partial charge is 0.373 e. The Bertz CT molecular complexity index is 455. The molecule has 0 amide bonds. The zero-order chi connectivity index (χ0) is 13.1. The van der Waals surface area contributed by atoms with Crippen LogP contribution in [-0.4, -0.2) is 37.3 Å². The highest BCUT2D eigenvalue weighted by Crippen LogP contribution is 2.30. The van der Waals surface area contributed by atoms with Crippen molar-refractivity contribution < 1.29 is 9.66 Å². The molecule has 0 radical (unpaired) electrons. The van der Waals surface area contributed by atoms with Crippen molar-refractivity contribution in [1.82, 2.24) is 0 Å². The summed E-state index contributed by atoms with van der Waals surface area (Å²) in [5, 5.41) is 11.1. The maximum Gasteiger partial charge on any atom is 0.293 e. The number of rotatable bonds is 3. The smallest absolute Gasteiger partial charge is 0.293 e. The van der Waals surface area contributed by atoms with Gasteiger partial charge in [0, 0.05) is 29.3 Å². The quantitative estimate of drug-likeness (QED) is 0.498. The Balaban J connectivity index is 2.29. The Kier molecular flexibility index (Phi) is 4.36. The lowest BCUT2D eigenvalue weighted by Gasteiger charge is -2.33. The van der Waals surface area contributed by atoms with Gasteiger partial charge in [-0.1, -0.05) is 0 Å². The number of hydrogen-bond donors (Lipinski definition) is 1. The molecule has 1 fully saturated rings. The number of nitro benzene ring substituents is 1. The Morgan fingerprint density at radius 2 is 2.39 bits per heavy atom. The average molecular weight is 363 g/mol. The summed E-state index contributed by atoms with van der Waals surface area (Å²) in [5.74, 6) is 0. The van der Waals surface area contributed by atoms with Crippen LogP contribution in [-0.2, 0) is 4.74 Å². The molecule has 1 saturated heterocycles. The van der Waals surface area contributed by atoms with Crippen molar-refractivity contribution in [3.8, 4) is 0 Å². The zero-order valence-electron chi connectivity index (χ0n) is 9.71. The first-order valence-electron chi connectivity index (χ1n) is 5.62. The minimum atomic E-state index is -0.343. The van der Waals surface area contributed by atoms with E-state index >= 15 is 0 Å². The van der Waals surface area contributed by atoms with E-state index in [4.69, 9.17) is 10.5 Å². The molecule has 0 spiro atoms. The lowest BCUT2D eigenvalue weighted by Crippen LogP contribution is -2.45. The van der Waals surface area contributed by atoms with E-state index in [0.717, 1.165) is 3.57 Å². The van der Waals surface area contributed by atoms with Crippen molar-refractivity contribution in [3.63, 3.8) is 0 Å². The molecular weight excluding hydrogens is 349 g/mol. The molecule has 1 atom stereocenters.